The largest absolute Gasteiger partial charge is 0.493 e. The van der Waals surface area contributed by atoms with Gasteiger partial charge in [0, 0.05) is 13.7 Å². The van der Waals surface area contributed by atoms with E-state index in [9.17, 15) is 8.42 Å². The molecular formula is C14H23NO6S. The summed E-state index contributed by atoms with van der Waals surface area (Å²) in [4.78, 5) is 0. The molecule has 0 aromatic heterocycles. The van der Waals surface area contributed by atoms with Gasteiger partial charge in [-0.3, -0.25) is 0 Å². The molecule has 0 unspecified atom stereocenters. The molecule has 0 bridgehead atoms. The van der Waals surface area contributed by atoms with Crippen molar-refractivity contribution in [2.45, 2.75) is 6.54 Å². The van der Waals surface area contributed by atoms with Gasteiger partial charge in [0.05, 0.1) is 39.8 Å². The molecule has 0 spiro atoms. The molecule has 1 N–H and O–H groups in total. The van der Waals surface area contributed by atoms with Gasteiger partial charge in [-0.1, -0.05) is 6.07 Å². The first-order valence-corrected chi connectivity index (χ1v) is 8.42. The van der Waals surface area contributed by atoms with Crippen LogP contribution in [0.5, 0.6) is 11.5 Å². The normalized spacial score (nSPS) is 11.4. The van der Waals surface area contributed by atoms with E-state index >= 15 is 0 Å². The molecule has 7 nitrogen and oxygen atoms in total. The van der Waals surface area contributed by atoms with Crippen LogP contribution in [0.25, 0.3) is 0 Å². The molecule has 0 saturated carbocycles. The Hall–Kier alpha value is -1.35. The van der Waals surface area contributed by atoms with Gasteiger partial charge in [-0.2, -0.15) is 0 Å². The smallest absolute Gasteiger partial charge is 0.214 e. The minimum absolute atomic E-state index is 0.0933. The highest BCUT2D eigenvalue weighted by Crippen LogP contribution is 2.27. The van der Waals surface area contributed by atoms with Gasteiger partial charge in [-0.15, -0.1) is 0 Å². The van der Waals surface area contributed by atoms with Crippen molar-refractivity contribution in [2.24, 2.45) is 0 Å². The molecule has 22 heavy (non-hydrogen) atoms. The number of ether oxygens (including phenoxy) is 4. The predicted molar refractivity (Wildman–Crippen MR) is 82.9 cm³/mol. The van der Waals surface area contributed by atoms with Crippen molar-refractivity contribution in [1.82, 2.24) is 4.72 Å². The quantitative estimate of drug-likeness (QED) is 0.603. The molecule has 126 valence electrons. The van der Waals surface area contributed by atoms with E-state index in [1.807, 2.05) is 0 Å². The summed E-state index contributed by atoms with van der Waals surface area (Å²) in [6.07, 6.45) is 0. The molecule has 1 rings (SSSR count). The van der Waals surface area contributed by atoms with Crippen molar-refractivity contribution < 1.29 is 27.4 Å². The topological polar surface area (TPSA) is 83.1 Å². The van der Waals surface area contributed by atoms with Crippen molar-refractivity contribution in [3.8, 4) is 11.5 Å². The maximum absolute atomic E-state index is 11.8. The first-order valence-electron chi connectivity index (χ1n) is 6.77. The van der Waals surface area contributed by atoms with Crippen LogP contribution in [-0.4, -0.2) is 55.3 Å². The van der Waals surface area contributed by atoms with Gasteiger partial charge in [0.15, 0.2) is 11.5 Å². The van der Waals surface area contributed by atoms with Crippen LogP contribution in [0.3, 0.4) is 0 Å². The summed E-state index contributed by atoms with van der Waals surface area (Å²) in [7, 11) is 1.25. The number of nitrogens with one attached hydrogen (secondary N) is 1. The lowest BCUT2D eigenvalue weighted by Crippen LogP contribution is -2.28. The van der Waals surface area contributed by atoms with Crippen LogP contribution < -0.4 is 14.2 Å². The zero-order chi connectivity index (χ0) is 16.4. The molecule has 1 aromatic rings. The van der Waals surface area contributed by atoms with Crippen LogP contribution in [0, 0.1) is 0 Å². The number of sulfonamides is 1. The third-order valence-electron chi connectivity index (χ3n) is 2.87. The predicted octanol–water partition coefficient (Wildman–Crippen LogP) is 0.786. The van der Waals surface area contributed by atoms with Crippen molar-refractivity contribution in [3.63, 3.8) is 0 Å². The SMILES string of the molecule is COCCOCCS(=O)(=O)NCc1ccc(OC)c(OC)c1. The summed E-state index contributed by atoms with van der Waals surface area (Å²) in [5.41, 5.74) is 0.779. The molecule has 0 heterocycles. The van der Waals surface area contributed by atoms with E-state index in [2.05, 4.69) is 4.72 Å². The Bertz CT molecular complexity index is 546. The summed E-state index contributed by atoms with van der Waals surface area (Å²) < 4.78 is 46.5. The molecule has 0 atom stereocenters. The van der Waals surface area contributed by atoms with Crippen molar-refractivity contribution in [3.05, 3.63) is 23.8 Å². The molecule has 0 aliphatic rings. The molecule has 8 heteroatoms. The van der Waals surface area contributed by atoms with Gasteiger partial charge in [-0.05, 0) is 17.7 Å². The highest BCUT2D eigenvalue weighted by molar-refractivity contribution is 7.89. The fourth-order valence-corrected chi connectivity index (χ4v) is 2.54. The Kier molecular flexibility index (Phi) is 8.18. The van der Waals surface area contributed by atoms with Crippen LogP contribution >= 0.6 is 0 Å². The second-order valence-corrected chi connectivity index (χ2v) is 6.36. The molecular weight excluding hydrogens is 310 g/mol. The van der Waals surface area contributed by atoms with Gasteiger partial charge in [-0.25, -0.2) is 13.1 Å². The van der Waals surface area contributed by atoms with Crippen molar-refractivity contribution in [2.75, 3.05) is 46.9 Å². The average molecular weight is 333 g/mol. The van der Waals surface area contributed by atoms with Gasteiger partial charge < -0.3 is 18.9 Å². The number of methoxy groups -OCH3 is 3. The van der Waals surface area contributed by atoms with Gasteiger partial charge in [0.1, 0.15) is 0 Å². The second-order valence-electron chi connectivity index (χ2n) is 4.43. The minimum Gasteiger partial charge on any atom is -0.493 e. The lowest BCUT2D eigenvalue weighted by Gasteiger charge is -2.11. The van der Waals surface area contributed by atoms with Crippen LogP contribution in [0.2, 0.25) is 0 Å². The van der Waals surface area contributed by atoms with Gasteiger partial charge in [0.25, 0.3) is 0 Å². The summed E-state index contributed by atoms with van der Waals surface area (Å²) >= 11 is 0. The number of hydrogen-bond acceptors (Lipinski definition) is 6. The van der Waals surface area contributed by atoms with E-state index in [4.69, 9.17) is 18.9 Å². The monoisotopic (exact) mass is 333 g/mol. The van der Waals surface area contributed by atoms with E-state index in [-0.39, 0.29) is 18.9 Å². The molecule has 0 saturated heterocycles. The fraction of sp³-hybridized carbons (Fsp3) is 0.571. The Morgan fingerprint density at radius 1 is 1.00 bits per heavy atom. The van der Waals surface area contributed by atoms with E-state index < -0.39 is 10.0 Å². The van der Waals surface area contributed by atoms with Gasteiger partial charge >= 0.3 is 0 Å². The highest BCUT2D eigenvalue weighted by atomic mass is 32.2. The lowest BCUT2D eigenvalue weighted by atomic mass is 10.2. The first-order chi connectivity index (χ1) is 10.5. The van der Waals surface area contributed by atoms with E-state index in [0.717, 1.165) is 5.56 Å². The first kappa shape index (κ1) is 18.7. The second kappa shape index (κ2) is 9.62. The highest BCUT2D eigenvalue weighted by Gasteiger charge is 2.11. The Labute approximate surface area is 131 Å². The van der Waals surface area contributed by atoms with Crippen LogP contribution in [0.1, 0.15) is 5.56 Å². The zero-order valence-electron chi connectivity index (χ0n) is 13.1. The number of benzene rings is 1. The average Bonchev–Trinajstić information content (AvgIpc) is 2.52. The van der Waals surface area contributed by atoms with Crippen LogP contribution in [0.4, 0.5) is 0 Å². The Morgan fingerprint density at radius 2 is 1.73 bits per heavy atom. The van der Waals surface area contributed by atoms with Crippen LogP contribution in [-0.2, 0) is 26.0 Å². The van der Waals surface area contributed by atoms with E-state index in [1.165, 1.54) is 7.11 Å². The number of hydrogen-bond donors (Lipinski definition) is 1. The summed E-state index contributed by atoms with van der Waals surface area (Å²) in [5.74, 6) is 1.06. The maximum atomic E-state index is 11.8. The Balaban J connectivity index is 2.47. The molecule has 0 amide bonds. The summed E-state index contributed by atoms with van der Waals surface area (Å²) in [6.45, 7) is 1.13. The van der Waals surface area contributed by atoms with Crippen LogP contribution in [0.15, 0.2) is 18.2 Å². The molecule has 0 radical (unpaired) electrons. The molecule has 0 fully saturated rings. The van der Waals surface area contributed by atoms with Crippen molar-refractivity contribution in [1.29, 1.82) is 0 Å². The minimum atomic E-state index is -3.39. The third kappa shape index (κ3) is 6.61. The van der Waals surface area contributed by atoms with E-state index in [0.29, 0.717) is 24.7 Å². The fourth-order valence-electron chi connectivity index (χ4n) is 1.67. The summed E-state index contributed by atoms with van der Waals surface area (Å²) in [6, 6.07) is 5.24. The van der Waals surface area contributed by atoms with Crippen molar-refractivity contribution >= 4 is 10.0 Å². The number of rotatable bonds is 11. The summed E-state index contributed by atoms with van der Waals surface area (Å²) in [5, 5.41) is 0. The third-order valence-corrected chi connectivity index (χ3v) is 4.16. The van der Waals surface area contributed by atoms with E-state index in [1.54, 1.807) is 32.4 Å². The molecule has 0 aliphatic heterocycles. The Morgan fingerprint density at radius 3 is 2.36 bits per heavy atom. The maximum Gasteiger partial charge on any atom is 0.214 e. The lowest BCUT2D eigenvalue weighted by molar-refractivity contribution is 0.0784. The molecule has 0 aliphatic carbocycles. The van der Waals surface area contributed by atoms with Gasteiger partial charge in [0.2, 0.25) is 10.0 Å². The standard InChI is InChI=1S/C14H23NO6S/c1-18-6-7-21-8-9-22(16,17)15-11-12-4-5-13(19-2)14(10-12)20-3/h4-5,10,15H,6-9,11H2,1-3H3. The molecule has 1 aromatic carbocycles. The zero-order valence-corrected chi connectivity index (χ0v) is 13.9.